The molecule has 2 heterocycles. The molecule has 0 radical (unpaired) electrons. The SMILES string of the molecule is Cc1ccccc1Cn1c(C(=O)Nc2ccc3ccccc3c2)cc2occc21. The van der Waals surface area contributed by atoms with Crippen molar-refractivity contribution in [3.05, 3.63) is 102 Å². The van der Waals surface area contributed by atoms with E-state index >= 15 is 0 Å². The first kappa shape index (κ1) is 17.3. The maximum atomic E-state index is 13.1. The Morgan fingerprint density at radius 2 is 1.72 bits per heavy atom. The van der Waals surface area contributed by atoms with E-state index in [9.17, 15) is 4.79 Å². The largest absolute Gasteiger partial charge is 0.463 e. The summed E-state index contributed by atoms with van der Waals surface area (Å²) < 4.78 is 7.58. The summed E-state index contributed by atoms with van der Waals surface area (Å²) in [6, 6.07) is 26.0. The summed E-state index contributed by atoms with van der Waals surface area (Å²) in [5, 5.41) is 5.28. The van der Waals surface area contributed by atoms with Crippen LogP contribution in [0.3, 0.4) is 0 Å². The van der Waals surface area contributed by atoms with Crippen LogP contribution in [0.5, 0.6) is 0 Å². The van der Waals surface area contributed by atoms with E-state index in [4.69, 9.17) is 4.42 Å². The van der Waals surface area contributed by atoms with E-state index in [0.29, 0.717) is 17.8 Å². The number of benzene rings is 3. The van der Waals surface area contributed by atoms with Crippen molar-refractivity contribution in [1.29, 1.82) is 0 Å². The van der Waals surface area contributed by atoms with Crippen molar-refractivity contribution in [2.75, 3.05) is 5.32 Å². The molecule has 1 amide bonds. The summed E-state index contributed by atoms with van der Waals surface area (Å²) in [4.78, 5) is 13.1. The third-order valence-electron chi connectivity index (χ3n) is 5.35. The summed E-state index contributed by atoms with van der Waals surface area (Å²) in [5.41, 5.74) is 5.34. The van der Waals surface area contributed by atoms with E-state index in [1.807, 2.05) is 65.2 Å². The number of hydrogen-bond donors (Lipinski definition) is 1. The highest BCUT2D eigenvalue weighted by molar-refractivity contribution is 6.06. The van der Waals surface area contributed by atoms with Gasteiger partial charge in [0.15, 0.2) is 5.58 Å². The van der Waals surface area contributed by atoms with Gasteiger partial charge in [-0.3, -0.25) is 4.79 Å². The lowest BCUT2D eigenvalue weighted by molar-refractivity contribution is 0.101. The van der Waals surface area contributed by atoms with Crippen molar-refractivity contribution >= 4 is 33.5 Å². The van der Waals surface area contributed by atoms with Crippen LogP contribution >= 0.6 is 0 Å². The molecule has 0 aliphatic rings. The van der Waals surface area contributed by atoms with Gasteiger partial charge in [-0.25, -0.2) is 0 Å². The zero-order valence-corrected chi connectivity index (χ0v) is 16.1. The van der Waals surface area contributed by atoms with Gasteiger partial charge in [0.05, 0.1) is 11.8 Å². The van der Waals surface area contributed by atoms with Gasteiger partial charge < -0.3 is 14.3 Å². The van der Waals surface area contributed by atoms with Crippen LogP contribution in [-0.4, -0.2) is 10.5 Å². The molecule has 0 saturated carbocycles. The predicted molar refractivity (Wildman–Crippen MR) is 116 cm³/mol. The molecule has 0 unspecified atom stereocenters. The normalized spacial score (nSPS) is 11.2. The Balaban J connectivity index is 1.51. The lowest BCUT2D eigenvalue weighted by atomic mass is 10.1. The molecule has 5 aromatic rings. The number of rotatable bonds is 4. The molecule has 0 aliphatic heterocycles. The molecule has 0 spiro atoms. The summed E-state index contributed by atoms with van der Waals surface area (Å²) in [6.45, 7) is 2.69. The smallest absolute Gasteiger partial charge is 0.272 e. The second kappa shape index (κ2) is 6.99. The third kappa shape index (κ3) is 3.19. The van der Waals surface area contributed by atoms with Crippen molar-refractivity contribution in [1.82, 2.24) is 4.57 Å². The molecule has 0 saturated heterocycles. The van der Waals surface area contributed by atoms with E-state index < -0.39 is 0 Å². The maximum absolute atomic E-state index is 13.1. The number of carbonyl (C=O) groups is 1. The second-order valence-corrected chi connectivity index (χ2v) is 7.23. The monoisotopic (exact) mass is 380 g/mol. The lowest BCUT2D eigenvalue weighted by Crippen LogP contribution is -2.17. The minimum atomic E-state index is -0.153. The Kier molecular flexibility index (Phi) is 4.17. The molecule has 5 rings (SSSR count). The van der Waals surface area contributed by atoms with Gasteiger partial charge in [-0.2, -0.15) is 0 Å². The number of nitrogens with zero attached hydrogens (tertiary/aromatic N) is 1. The number of anilines is 1. The van der Waals surface area contributed by atoms with E-state index in [0.717, 1.165) is 22.0 Å². The van der Waals surface area contributed by atoms with Crippen LogP contribution in [0, 0.1) is 6.92 Å². The van der Waals surface area contributed by atoms with Crippen LogP contribution in [0.4, 0.5) is 5.69 Å². The molecular weight excluding hydrogens is 360 g/mol. The van der Waals surface area contributed by atoms with E-state index in [2.05, 4.69) is 30.4 Å². The van der Waals surface area contributed by atoms with Crippen molar-refractivity contribution < 1.29 is 9.21 Å². The van der Waals surface area contributed by atoms with Crippen LogP contribution in [0.15, 0.2) is 89.5 Å². The number of nitrogens with one attached hydrogen (secondary N) is 1. The summed E-state index contributed by atoms with van der Waals surface area (Å²) in [5.74, 6) is -0.153. The van der Waals surface area contributed by atoms with Crippen molar-refractivity contribution in [3.8, 4) is 0 Å². The Labute approximate surface area is 168 Å². The third-order valence-corrected chi connectivity index (χ3v) is 5.35. The average Bonchev–Trinajstić information content (AvgIpc) is 3.32. The average molecular weight is 380 g/mol. The molecule has 29 heavy (non-hydrogen) atoms. The maximum Gasteiger partial charge on any atom is 0.272 e. The fraction of sp³-hybridized carbons (Fsp3) is 0.0800. The van der Waals surface area contributed by atoms with E-state index in [1.165, 1.54) is 11.1 Å². The molecule has 0 fully saturated rings. The Morgan fingerprint density at radius 1 is 0.931 bits per heavy atom. The zero-order chi connectivity index (χ0) is 19.8. The molecule has 0 bridgehead atoms. The minimum Gasteiger partial charge on any atom is -0.463 e. The summed E-state index contributed by atoms with van der Waals surface area (Å²) in [7, 11) is 0. The van der Waals surface area contributed by atoms with Crippen molar-refractivity contribution in [2.45, 2.75) is 13.5 Å². The number of furan rings is 1. The van der Waals surface area contributed by atoms with Crippen molar-refractivity contribution in [3.63, 3.8) is 0 Å². The van der Waals surface area contributed by atoms with Gasteiger partial charge in [-0.05, 0) is 41.0 Å². The fourth-order valence-electron chi connectivity index (χ4n) is 3.76. The zero-order valence-electron chi connectivity index (χ0n) is 16.1. The second-order valence-electron chi connectivity index (χ2n) is 7.23. The van der Waals surface area contributed by atoms with Crippen LogP contribution in [0.25, 0.3) is 21.9 Å². The number of fused-ring (bicyclic) bond motifs is 2. The molecule has 0 atom stereocenters. The molecule has 1 N–H and O–H groups in total. The Bertz CT molecular complexity index is 1340. The minimum absolute atomic E-state index is 0.153. The van der Waals surface area contributed by atoms with Crippen LogP contribution in [0.1, 0.15) is 21.6 Å². The van der Waals surface area contributed by atoms with Gasteiger partial charge >= 0.3 is 0 Å². The molecular formula is C25H20N2O2. The van der Waals surface area contributed by atoms with Gasteiger partial charge in [-0.15, -0.1) is 0 Å². The number of amides is 1. The van der Waals surface area contributed by atoms with Crippen LogP contribution in [-0.2, 0) is 6.54 Å². The first-order valence-corrected chi connectivity index (χ1v) is 9.60. The van der Waals surface area contributed by atoms with Gasteiger partial charge in [0.1, 0.15) is 5.69 Å². The highest BCUT2D eigenvalue weighted by atomic mass is 16.3. The first-order valence-electron chi connectivity index (χ1n) is 9.60. The summed E-state index contributed by atoms with van der Waals surface area (Å²) >= 11 is 0. The molecule has 4 heteroatoms. The van der Waals surface area contributed by atoms with Crippen LogP contribution in [0.2, 0.25) is 0 Å². The van der Waals surface area contributed by atoms with E-state index in [1.54, 1.807) is 6.26 Å². The molecule has 4 nitrogen and oxygen atoms in total. The highest BCUT2D eigenvalue weighted by Crippen LogP contribution is 2.25. The van der Waals surface area contributed by atoms with Gasteiger partial charge in [0.25, 0.3) is 5.91 Å². The van der Waals surface area contributed by atoms with Gasteiger partial charge in [0, 0.05) is 24.4 Å². The first-order chi connectivity index (χ1) is 14.2. The van der Waals surface area contributed by atoms with Gasteiger partial charge in [0.2, 0.25) is 0 Å². The lowest BCUT2D eigenvalue weighted by Gasteiger charge is -2.12. The predicted octanol–water partition coefficient (Wildman–Crippen LogP) is 6.00. The fourth-order valence-corrected chi connectivity index (χ4v) is 3.76. The standard InChI is InChI=1S/C25H20N2O2/c1-17-6-2-3-9-20(17)16-27-22-12-13-29-24(22)15-23(27)25(28)26-21-11-10-18-7-4-5-8-19(18)14-21/h2-15H,16H2,1H3,(H,26,28). The number of carbonyl (C=O) groups excluding carboxylic acids is 1. The summed E-state index contributed by atoms with van der Waals surface area (Å²) in [6.07, 6.45) is 1.66. The topological polar surface area (TPSA) is 47.2 Å². The van der Waals surface area contributed by atoms with Crippen LogP contribution < -0.4 is 5.32 Å². The molecule has 3 aromatic carbocycles. The van der Waals surface area contributed by atoms with Crippen molar-refractivity contribution in [2.24, 2.45) is 0 Å². The van der Waals surface area contributed by atoms with Gasteiger partial charge in [-0.1, -0.05) is 54.6 Å². The number of aromatic nitrogens is 1. The Hall–Kier alpha value is -3.79. The number of hydrogen-bond acceptors (Lipinski definition) is 2. The molecule has 0 aliphatic carbocycles. The Morgan fingerprint density at radius 3 is 2.59 bits per heavy atom. The molecule has 142 valence electrons. The van der Waals surface area contributed by atoms with E-state index in [-0.39, 0.29) is 5.91 Å². The quantitative estimate of drug-likeness (QED) is 0.416. The highest BCUT2D eigenvalue weighted by Gasteiger charge is 2.18. The number of aryl methyl sites for hydroxylation is 1. The molecule has 2 aromatic heterocycles.